The molecule has 16 heavy (non-hydrogen) atoms. The second kappa shape index (κ2) is 4.83. The molecule has 4 nitrogen and oxygen atoms in total. The van der Waals surface area contributed by atoms with Crippen LogP contribution in [0.15, 0.2) is 6.07 Å². The molecule has 0 aliphatic rings. The van der Waals surface area contributed by atoms with Gasteiger partial charge in [-0.2, -0.15) is 4.39 Å². The van der Waals surface area contributed by atoms with Crippen molar-refractivity contribution in [2.75, 3.05) is 21.3 Å². The Bertz CT molecular complexity index is 415. The van der Waals surface area contributed by atoms with Gasteiger partial charge in [0.05, 0.1) is 26.9 Å². The molecular formula is C11H13FO4. The van der Waals surface area contributed by atoms with Crippen LogP contribution in [0.5, 0.6) is 17.2 Å². The maximum Gasteiger partial charge on any atom is 0.211 e. The van der Waals surface area contributed by atoms with Gasteiger partial charge < -0.3 is 14.2 Å². The molecule has 0 spiro atoms. The summed E-state index contributed by atoms with van der Waals surface area (Å²) >= 11 is 0. The Morgan fingerprint density at radius 3 is 2.06 bits per heavy atom. The van der Waals surface area contributed by atoms with Gasteiger partial charge in [0.25, 0.3) is 0 Å². The van der Waals surface area contributed by atoms with E-state index >= 15 is 0 Å². The largest absolute Gasteiger partial charge is 0.493 e. The van der Waals surface area contributed by atoms with Crippen LogP contribution >= 0.6 is 0 Å². The van der Waals surface area contributed by atoms with E-state index in [2.05, 4.69) is 0 Å². The first-order chi connectivity index (χ1) is 7.56. The molecule has 0 unspecified atom stereocenters. The Morgan fingerprint density at radius 2 is 1.69 bits per heavy atom. The van der Waals surface area contributed by atoms with E-state index in [0.717, 1.165) is 0 Å². The lowest BCUT2D eigenvalue weighted by Crippen LogP contribution is -2.04. The van der Waals surface area contributed by atoms with Crippen molar-refractivity contribution in [3.8, 4) is 17.2 Å². The molecule has 1 aromatic rings. The van der Waals surface area contributed by atoms with Crippen LogP contribution < -0.4 is 14.2 Å². The number of carbonyl (C=O) groups is 1. The summed E-state index contributed by atoms with van der Waals surface area (Å²) in [5.74, 6) is -1.10. The Balaban J connectivity index is 3.54. The van der Waals surface area contributed by atoms with Crippen molar-refractivity contribution in [1.82, 2.24) is 0 Å². The van der Waals surface area contributed by atoms with Gasteiger partial charge in [0.1, 0.15) is 0 Å². The Labute approximate surface area is 92.9 Å². The number of carbonyl (C=O) groups excluding carboxylic acids is 1. The first kappa shape index (κ1) is 12.3. The van der Waals surface area contributed by atoms with Crippen LogP contribution in [0.3, 0.4) is 0 Å². The fraction of sp³-hybridized carbons (Fsp3) is 0.364. The molecule has 0 fully saturated rings. The van der Waals surface area contributed by atoms with Crippen molar-refractivity contribution in [3.05, 3.63) is 17.4 Å². The predicted molar refractivity (Wildman–Crippen MR) is 56.1 cm³/mol. The average Bonchev–Trinajstić information content (AvgIpc) is 2.27. The van der Waals surface area contributed by atoms with Gasteiger partial charge >= 0.3 is 0 Å². The molecule has 0 saturated heterocycles. The van der Waals surface area contributed by atoms with Crippen molar-refractivity contribution in [2.24, 2.45) is 0 Å². The van der Waals surface area contributed by atoms with E-state index in [1.54, 1.807) is 0 Å². The molecule has 0 bridgehead atoms. The molecule has 0 atom stereocenters. The van der Waals surface area contributed by atoms with Gasteiger partial charge in [-0.3, -0.25) is 4.79 Å². The minimum absolute atomic E-state index is 0.0793. The normalized spacial score (nSPS) is 9.81. The molecule has 5 heteroatoms. The highest BCUT2D eigenvalue weighted by atomic mass is 19.1. The van der Waals surface area contributed by atoms with Crippen molar-refractivity contribution < 1.29 is 23.4 Å². The van der Waals surface area contributed by atoms with Gasteiger partial charge in [0.2, 0.25) is 11.6 Å². The van der Waals surface area contributed by atoms with Gasteiger partial charge in [-0.05, 0) is 13.0 Å². The van der Waals surface area contributed by atoms with Crippen molar-refractivity contribution in [1.29, 1.82) is 0 Å². The lowest BCUT2D eigenvalue weighted by atomic mass is 10.1. The molecule has 0 aliphatic heterocycles. The first-order valence-electron chi connectivity index (χ1n) is 4.56. The molecular weight excluding hydrogens is 215 g/mol. The predicted octanol–water partition coefficient (Wildman–Crippen LogP) is 2.05. The van der Waals surface area contributed by atoms with E-state index in [-0.39, 0.29) is 28.6 Å². The van der Waals surface area contributed by atoms with Gasteiger partial charge in [-0.15, -0.1) is 0 Å². The van der Waals surface area contributed by atoms with Crippen LogP contribution in [0.2, 0.25) is 0 Å². The molecule has 1 aromatic carbocycles. The van der Waals surface area contributed by atoms with Crippen molar-refractivity contribution in [2.45, 2.75) is 6.92 Å². The van der Waals surface area contributed by atoms with Crippen LogP contribution in [0.1, 0.15) is 17.3 Å². The second-order valence-electron chi connectivity index (χ2n) is 3.06. The number of methoxy groups -OCH3 is 3. The standard InChI is InChI=1S/C11H13FO4/c1-6(13)7-5-8(14-2)11(16-4)9(12)10(7)15-3/h5H,1-4H3. The summed E-state index contributed by atoms with van der Waals surface area (Å²) in [6, 6.07) is 1.39. The second-order valence-corrected chi connectivity index (χ2v) is 3.06. The molecule has 0 saturated carbocycles. The first-order valence-corrected chi connectivity index (χ1v) is 4.56. The zero-order valence-electron chi connectivity index (χ0n) is 9.59. The topological polar surface area (TPSA) is 44.8 Å². The summed E-state index contributed by atoms with van der Waals surface area (Å²) in [4.78, 5) is 11.3. The maximum absolute atomic E-state index is 13.9. The van der Waals surface area contributed by atoms with Crippen LogP contribution in [-0.4, -0.2) is 27.1 Å². The van der Waals surface area contributed by atoms with Crippen LogP contribution in [-0.2, 0) is 0 Å². The number of Topliss-reactive ketones (excluding diaryl/α,β-unsaturated/α-hetero) is 1. The molecule has 0 radical (unpaired) electrons. The Morgan fingerprint density at radius 1 is 1.12 bits per heavy atom. The van der Waals surface area contributed by atoms with Crippen LogP contribution in [0, 0.1) is 5.82 Å². The number of ketones is 1. The summed E-state index contributed by atoms with van der Waals surface area (Å²) in [6.07, 6.45) is 0. The number of ether oxygens (including phenoxy) is 3. The van der Waals surface area contributed by atoms with E-state index in [9.17, 15) is 9.18 Å². The number of rotatable bonds is 4. The zero-order chi connectivity index (χ0) is 12.3. The minimum atomic E-state index is -0.741. The molecule has 0 N–H and O–H groups in total. The van der Waals surface area contributed by atoms with Crippen molar-refractivity contribution in [3.63, 3.8) is 0 Å². The van der Waals surface area contributed by atoms with E-state index in [1.165, 1.54) is 34.3 Å². The number of hydrogen-bond acceptors (Lipinski definition) is 4. The third kappa shape index (κ3) is 1.93. The van der Waals surface area contributed by atoms with Gasteiger partial charge in [-0.1, -0.05) is 0 Å². The van der Waals surface area contributed by atoms with Crippen LogP contribution in [0.4, 0.5) is 4.39 Å². The third-order valence-electron chi connectivity index (χ3n) is 2.15. The van der Waals surface area contributed by atoms with Crippen molar-refractivity contribution >= 4 is 5.78 Å². The monoisotopic (exact) mass is 228 g/mol. The van der Waals surface area contributed by atoms with E-state index in [1.807, 2.05) is 0 Å². The highest BCUT2D eigenvalue weighted by Gasteiger charge is 2.22. The maximum atomic E-state index is 13.9. The lowest BCUT2D eigenvalue weighted by molar-refractivity contribution is 0.101. The molecule has 88 valence electrons. The smallest absolute Gasteiger partial charge is 0.211 e. The Hall–Kier alpha value is -1.78. The van der Waals surface area contributed by atoms with Gasteiger partial charge in [0, 0.05) is 0 Å². The SMILES string of the molecule is COc1cc(C(C)=O)c(OC)c(F)c1OC. The van der Waals surface area contributed by atoms with Gasteiger partial charge in [-0.25, -0.2) is 0 Å². The van der Waals surface area contributed by atoms with Gasteiger partial charge in [0.15, 0.2) is 17.3 Å². The lowest BCUT2D eigenvalue weighted by Gasteiger charge is -2.13. The summed E-state index contributed by atoms with van der Waals surface area (Å²) in [7, 11) is 3.97. The van der Waals surface area contributed by atoms with Crippen LogP contribution in [0.25, 0.3) is 0 Å². The van der Waals surface area contributed by atoms with E-state index < -0.39 is 5.82 Å². The number of hydrogen-bond donors (Lipinski definition) is 0. The highest BCUT2D eigenvalue weighted by molar-refractivity contribution is 5.97. The molecule has 0 amide bonds. The molecule has 0 aliphatic carbocycles. The molecule has 1 rings (SSSR count). The summed E-state index contributed by atoms with van der Waals surface area (Å²) in [6.45, 7) is 1.32. The average molecular weight is 228 g/mol. The quantitative estimate of drug-likeness (QED) is 0.740. The number of halogens is 1. The molecule has 0 aromatic heterocycles. The fourth-order valence-electron chi connectivity index (χ4n) is 1.39. The summed E-state index contributed by atoms with van der Waals surface area (Å²) in [5, 5.41) is 0. The summed E-state index contributed by atoms with van der Waals surface area (Å²) in [5.41, 5.74) is 0.123. The molecule has 0 heterocycles. The highest BCUT2D eigenvalue weighted by Crippen LogP contribution is 2.38. The van der Waals surface area contributed by atoms with E-state index in [4.69, 9.17) is 14.2 Å². The third-order valence-corrected chi connectivity index (χ3v) is 2.15. The fourth-order valence-corrected chi connectivity index (χ4v) is 1.39. The number of benzene rings is 1. The van der Waals surface area contributed by atoms with E-state index in [0.29, 0.717) is 0 Å². The summed E-state index contributed by atoms with van der Waals surface area (Å²) < 4.78 is 28.5. The minimum Gasteiger partial charge on any atom is -0.493 e. The Kier molecular flexibility index (Phi) is 3.71. The zero-order valence-corrected chi connectivity index (χ0v) is 9.59.